The highest BCUT2D eigenvalue weighted by Crippen LogP contribution is 1.91. The molecule has 0 aliphatic carbocycles. The van der Waals surface area contributed by atoms with E-state index in [0.29, 0.717) is 5.82 Å². The van der Waals surface area contributed by atoms with Gasteiger partial charge >= 0.3 is 0 Å². The van der Waals surface area contributed by atoms with Crippen LogP contribution in [0.3, 0.4) is 0 Å². The minimum Gasteiger partial charge on any atom is -0.473 e. The first kappa shape index (κ1) is 100. The number of nitrogens with zero attached hydrogens (tertiary/aromatic N) is 20. The van der Waals surface area contributed by atoms with Gasteiger partial charge in [0.2, 0.25) is 0 Å². The van der Waals surface area contributed by atoms with Crippen LogP contribution in [0.4, 0.5) is 0 Å². The lowest BCUT2D eigenvalue weighted by molar-refractivity contribution is -0.671. The molecule has 0 saturated carbocycles. The summed E-state index contributed by atoms with van der Waals surface area (Å²) in [7, 11) is 15.1. The molecular formula is C61H123N20OS+. The molecule has 0 atom stereocenters. The molecule has 0 aliphatic rings. The van der Waals surface area contributed by atoms with E-state index >= 15 is 0 Å². The number of thiophene rings is 1. The minimum atomic E-state index is 0.711. The quantitative estimate of drug-likeness (QED) is 0.130. The summed E-state index contributed by atoms with van der Waals surface area (Å²) >= 11 is 1.71. The van der Waals surface area contributed by atoms with Gasteiger partial charge in [-0.1, -0.05) is 171 Å². The second-order valence-electron chi connectivity index (χ2n) is 11.8. The van der Waals surface area contributed by atoms with Crippen LogP contribution in [0, 0.1) is 13.8 Å². The normalized spacial score (nSPS) is 7.28. The molecule has 0 spiro atoms. The second-order valence-corrected chi connectivity index (χ2v) is 12.6. The van der Waals surface area contributed by atoms with Gasteiger partial charge in [-0.3, -0.25) is 9.36 Å². The van der Waals surface area contributed by atoms with Crippen LogP contribution in [0.15, 0.2) is 170 Å². The molecule has 22 heteroatoms. The zero-order valence-corrected chi connectivity index (χ0v) is 59.2. The Morgan fingerprint density at radius 3 is 1.06 bits per heavy atom. The Hall–Kier alpha value is -7.75. The average Bonchev–Trinajstić information content (AvgIpc) is 4.38. The van der Waals surface area contributed by atoms with Crippen molar-refractivity contribution < 1.29 is 8.98 Å². The summed E-state index contributed by atoms with van der Waals surface area (Å²) in [5, 5.41) is 40.3. The van der Waals surface area contributed by atoms with Gasteiger partial charge in [0.05, 0.1) is 25.9 Å². The van der Waals surface area contributed by atoms with Crippen molar-refractivity contribution in [2.75, 3.05) is 0 Å². The highest BCUT2D eigenvalue weighted by Gasteiger charge is 1.88. The molecule has 0 fully saturated rings. The summed E-state index contributed by atoms with van der Waals surface area (Å²) in [6.45, 7) is 47.6. The van der Waals surface area contributed by atoms with Crippen molar-refractivity contribution in [2.24, 2.45) is 56.4 Å². The van der Waals surface area contributed by atoms with Crippen LogP contribution in [0.25, 0.3) is 0 Å². The molecule has 10 rings (SSSR count). The topological polar surface area (TPSA) is 206 Å². The third kappa shape index (κ3) is 93.9. The molecule has 10 aromatic rings. The Morgan fingerprint density at radius 1 is 0.434 bits per heavy atom. The number of imidazole rings is 1. The minimum absolute atomic E-state index is 0.711. The van der Waals surface area contributed by atoms with Crippen LogP contribution in [0.2, 0.25) is 0 Å². The van der Waals surface area contributed by atoms with Crippen LogP contribution < -0.4 is 4.57 Å². The van der Waals surface area contributed by atoms with E-state index in [2.05, 4.69) is 65.7 Å². The zero-order valence-electron chi connectivity index (χ0n) is 58.3. The predicted octanol–water partition coefficient (Wildman–Crippen LogP) is 15.4. The molecule has 478 valence electrons. The van der Waals surface area contributed by atoms with E-state index in [1.165, 1.54) is 11.1 Å². The standard InChI is InChI=1S/C6H8N.C5H7N.2C4H6N2.C4H4O.C4H4S.2C3H6N4.2C3H5N3.11C2H6/c1-7-5-3-2-4-6-7;1-6-4-2-3-5-6;1-6-3-2-5-4-6;1-6-4-2-3-5-6;2*1-2-4-5-3-1;1-3-4-5-6-7(3)2;1-3-4-6-7(2)5-3;1-6-2-4-5-3-6;1-6-3-4-2-5-6;11*1-2/h2-6H,1H3;2-5H,1H3;2*2-4H,1H3;2*1-4H;2*1-2H3;2*2-3H,1H3;11*1-2H3/q+1;;;;;;;;;;;;;;;;;;;;. The maximum atomic E-state index is 4.58. The number of aryl methyl sites for hydroxylation is 10. The molecule has 0 saturated heterocycles. The molecule has 0 N–H and O–H groups in total. The number of aromatic nitrogens is 20. The lowest BCUT2D eigenvalue weighted by Crippen LogP contribution is -2.25. The third-order valence-electron chi connectivity index (χ3n) is 6.25. The molecule has 21 nitrogen and oxygen atoms in total. The number of pyridine rings is 1. The highest BCUT2D eigenvalue weighted by atomic mass is 32.1. The van der Waals surface area contributed by atoms with Gasteiger partial charge in [-0.05, 0) is 70.6 Å². The fourth-order valence-electron chi connectivity index (χ4n) is 3.20. The van der Waals surface area contributed by atoms with E-state index in [1.54, 1.807) is 101 Å². The molecule has 10 heterocycles. The SMILES string of the molecule is CC.CC.CC.CC.CC.CC.CC.CC.CC.CC.CC.C[n+]1ccccc1.Cc1nnn(C)n1.Cc1nnnn1C.Cn1cccc1.Cn1cccn1.Cn1ccnc1.Cn1cncn1.Cn1cnnc1.c1ccoc1.c1ccsc1. The monoisotopic (exact) mass is 1180 g/mol. The summed E-state index contributed by atoms with van der Waals surface area (Å²) in [6.07, 6.45) is 26.7. The van der Waals surface area contributed by atoms with Gasteiger partial charge in [-0.2, -0.15) is 26.3 Å². The molecule has 0 radical (unpaired) electrons. The van der Waals surface area contributed by atoms with Gasteiger partial charge in [0.1, 0.15) is 38.2 Å². The fraction of sp³-hybridized carbons (Fsp3) is 0.525. The molecule has 0 bridgehead atoms. The van der Waals surface area contributed by atoms with E-state index in [4.69, 9.17) is 0 Å². The van der Waals surface area contributed by atoms with Crippen LogP contribution in [0.1, 0.15) is 164 Å². The Kier molecular flexibility index (Phi) is 121. The first-order chi connectivity index (χ1) is 40.5. The van der Waals surface area contributed by atoms with Crippen LogP contribution in [-0.2, 0) is 56.4 Å². The summed E-state index contributed by atoms with van der Waals surface area (Å²) in [4.78, 5) is 8.88. The lowest BCUT2D eigenvalue weighted by atomic mass is 10.5. The van der Waals surface area contributed by atoms with E-state index in [0.717, 1.165) is 5.82 Å². The Balaban J connectivity index is -0.0000000744. The molecule has 0 unspecified atom stereocenters. The van der Waals surface area contributed by atoms with Crippen LogP contribution in [-0.4, -0.2) is 93.8 Å². The summed E-state index contributed by atoms with van der Waals surface area (Å²) < 4.78 is 17.2. The van der Waals surface area contributed by atoms with Gasteiger partial charge in [0.25, 0.3) is 0 Å². The van der Waals surface area contributed by atoms with Gasteiger partial charge in [0, 0.05) is 91.6 Å². The smallest absolute Gasteiger partial charge is 0.171 e. The Labute approximate surface area is 511 Å². The summed E-state index contributed by atoms with van der Waals surface area (Å²) in [6, 6.07) is 19.6. The largest absolute Gasteiger partial charge is 0.473 e. The number of hydrogen-bond donors (Lipinski definition) is 0. The number of hydrogen-bond acceptors (Lipinski definition) is 14. The number of rotatable bonds is 0. The maximum absolute atomic E-state index is 4.58. The van der Waals surface area contributed by atoms with E-state index < -0.39 is 0 Å². The van der Waals surface area contributed by atoms with Crippen molar-refractivity contribution in [3.05, 3.63) is 177 Å². The number of furan rings is 1. The Morgan fingerprint density at radius 2 is 0.928 bits per heavy atom. The second kappa shape index (κ2) is 99.6. The third-order valence-corrected chi connectivity index (χ3v) is 6.88. The molecule has 0 aliphatic heterocycles. The highest BCUT2D eigenvalue weighted by molar-refractivity contribution is 7.07. The molecular weight excluding hydrogens is 1060 g/mol. The fourth-order valence-corrected chi connectivity index (χ4v) is 3.66. The van der Waals surface area contributed by atoms with Gasteiger partial charge in [-0.25, -0.2) is 19.2 Å². The van der Waals surface area contributed by atoms with Crippen molar-refractivity contribution in [3.63, 3.8) is 0 Å². The van der Waals surface area contributed by atoms with Crippen molar-refractivity contribution in [3.8, 4) is 0 Å². The summed E-state index contributed by atoms with van der Waals surface area (Å²) in [5.41, 5.74) is 0. The van der Waals surface area contributed by atoms with E-state index in [9.17, 15) is 0 Å². The van der Waals surface area contributed by atoms with E-state index in [-0.39, 0.29) is 0 Å². The lowest BCUT2D eigenvalue weighted by Gasteiger charge is -1.81. The van der Waals surface area contributed by atoms with Gasteiger partial charge in [-0.15, -0.1) is 25.5 Å². The van der Waals surface area contributed by atoms with Crippen molar-refractivity contribution in [1.29, 1.82) is 0 Å². The first-order valence-electron chi connectivity index (χ1n) is 29.2. The van der Waals surface area contributed by atoms with E-state index in [1.807, 2.05) is 324 Å². The van der Waals surface area contributed by atoms with Crippen molar-refractivity contribution in [2.45, 2.75) is 166 Å². The molecule has 83 heavy (non-hydrogen) atoms. The van der Waals surface area contributed by atoms with Gasteiger partial charge < -0.3 is 18.1 Å². The molecule has 10 aromatic heterocycles. The van der Waals surface area contributed by atoms with Crippen molar-refractivity contribution in [1.82, 2.24) is 93.8 Å². The van der Waals surface area contributed by atoms with Crippen LogP contribution in [0.5, 0.6) is 0 Å². The van der Waals surface area contributed by atoms with Crippen molar-refractivity contribution >= 4 is 11.3 Å². The maximum Gasteiger partial charge on any atom is 0.171 e. The number of tetrazole rings is 2. The average molecular weight is 1180 g/mol. The summed E-state index contributed by atoms with van der Waals surface area (Å²) in [5.74, 6) is 1.54. The van der Waals surface area contributed by atoms with Crippen LogP contribution >= 0.6 is 11.3 Å². The zero-order chi connectivity index (χ0) is 66.8. The van der Waals surface area contributed by atoms with Gasteiger partial charge in [0.15, 0.2) is 18.2 Å². The molecule has 0 aromatic carbocycles. The Bertz CT molecular complexity index is 1980. The predicted molar refractivity (Wildman–Crippen MR) is 356 cm³/mol. The first-order valence-corrected chi connectivity index (χ1v) is 30.1. The molecule has 0 amide bonds.